The molecule has 0 aliphatic heterocycles. The van der Waals surface area contributed by atoms with Gasteiger partial charge in [-0.05, 0) is 58.3 Å². The van der Waals surface area contributed by atoms with Crippen molar-refractivity contribution in [2.24, 2.45) is 0 Å². The highest BCUT2D eigenvalue weighted by Gasteiger charge is 2.38. The van der Waals surface area contributed by atoms with Crippen LogP contribution >= 0.6 is 0 Å². The van der Waals surface area contributed by atoms with Crippen LogP contribution in [0.1, 0.15) is 18.9 Å². The fourth-order valence-electron chi connectivity index (χ4n) is 3.52. The minimum absolute atomic E-state index is 0.00208. The van der Waals surface area contributed by atoms with Crippen LogP contribution < -0.4 is 0 Å². The Hall–Kier alpha value is -2.74. The Labute approximate surface area is 134 Å². The van der Waals surface area contributed by atoms with Crippen molar-refractivity contribution in [3.05, 3.63) is 72.3 Å². The molecule has 23 heavy (non-hydrogen) atoms. The second-order valence-corrected chi connectivity index (χ2v) is 6.40. The Bertz CT molecular complexity index is 997. The van der Waals surface area contributed by atoms with E-state index in [2.05, 4.69) is 30.3 Å². The molecule has 0 fully saturated rings. The number of carbonyl (C=O) groups is 2. The first kappa shape index (κ1) is 13.9. The molecule has 0 heterocycles. The van der Waals surface area contributed by atoms with Crippen LogP contribution in [0.4, 0.5) is 0 Å². The van der Waals surface area contributed by atoms with Crippen LogP contribution in [0.3, 0.4) is 0 Å². The Morgan fingerprint density at radius 1 is 0.826 bits per heavy atom. The molecule has 0 bridgehead atoms. The van der Waals surface area contributed by atoms with Crippen LogP contribution in [-0.2, 0) is 15.0 Å². The van der Waals surface area contributed by atoms with Crippen molar-refractivity contribution in [3.63, 3.8) is 0 Å². The van der Waals surface area contributed by atoms with Crippen molar-refractivity contribution in [1.29, 1.82) is 0 Å². The lowest BCUT2D eigenvalue weighted by Gasteiger charge is -2.30. The van der Waals surface area contributed by atoms with Gasteiger partial charge in [0, 0.05) is 6.42 Å². The first-order valence-corrected chi connectivity index (χ1v) is 7.75. The summed E-state index contributed by atoms with van der Waals surface area (Å²) in [6.07, 6.45) is 3.05. The van der Waals surface area contributed by atoms with Crippen LogP contribution in [0.2, 0.25) is 0 Å². The van der Waals surface area contributed by atoms with Crippen LogP contribution in [0.25, 0.3) is 21.5 Å². The molecular weight excluding hydrogens is 284 g/mol. The lowest BCUT2D eigenvalue weighted by atomic mass is 9.70. The molecule has 0 saturated heterocycles. The van der Waals surface area contributed by atoms with Gasteiger partial charge in [-0.2, -0.15) is 0 Å². The van der Waals surface area contributed by atoms with Crippen molar-refractivity contribution in [1.82, 2.24) is 0 Å². The van der Waals surface area contributed by atoms with E-state index in [-0.39, 0.29) is 18.0 Å². The molecule has 112 valence electrons. The molecule has 1 unspecified atom stereocenters. The number of allylic oxidation sites excluding steroid dienone is 2. The molecule has 4 rings (SSSR count). The maximum absolute atomic E-state index is 12.5. The van der Waals surface area contributed by atoms with E-state index in [9.17, 15) is 9.59 Å². The van der Waals surface area contributed by atoms with Gasteiger partial charge in [-0.15, -0.1) is 0 Å². The van der Waals surface area contributed by atoms with Gasteiger partial charge >= 0.3 is 0 Å². The molecule has 0 N–H and O–H groups in total. The van der Waals surface area contributed by atoms with Gasteiger partial charge in [0.2, 0.25) is 0 Å². The highest BCUT2D eigenvalue weighted by molar-refractivity contribution is 6.13. The van der Waals surface area contributed by atoms with Gasteiger partial charge < -0.3 is 0 Å². The van der Waals surface area contributed by atoms with Crippen molar-refractivity contribution in [2.45, 2.75) is 18.8 Å². The van der Waals surface area contributed by atoms with E-state index in [1.54, 1.807) is 0 Å². The number of carbonyl (C=O) groups excluding carboxylic acids is 2. The zero-order chi connectivity index (χ0) is 16.0. The molecule has 1 atom stereocenters. The number of ketones is 2. The fraction of sp³-hybridized carbons (Fsp3) is 0.143. The van der Waals surface area contributed by atoms with Crippen LogP contribution in [0, 0.1) is 0 Å². The predicted octanol–water partition coefficient (Wildman–Crippen LogP) is 4.35. The van der Waals surface area contributed by atoms with Gasteiger partial charge in [0.25, 0.3) is 0 Å². The maximum Gasteiger partial charge on any atom is 0.166 e. The molecule has 0 saturated carbocycles. The summed E-state index contributed by atoms with van der Waals surface area (Å²) in [6.45, 7) is 1.88. The molecule has 2 nitrogen and oxygen atoms in total. The minimum atomic E-state index is -0.784. The van der Waals surface area contributed by atoms with Crippen molar-refractivity contribution in [3.8, 4) is 0 Å². The molecule has 3 aromatic carbocycles. The summed E-state index contributed by atoms with van der Waals surface area (Å²) in [7, 11) is 0. The van der Waals surface area contributed by atoms with E-state index in [0.29, 0.717) is 0 Å². The monoisotopic (exact) mass is 300 g/mol. The average molecular weight is 300 g/mol. The standard InChI is InChI=1S/C21H16O2/c1-21(13-17(22)9-10-20(21)23)19-8-4-7-16-11-14-5-2-3-6-15(14)12-18(16)19/h2-12H,13H2,1H3. The Morgan fingerprint density at radius 3 is 2.30 bits per heavy atom. The molecule has 1 aliphatic rings. The Morgan fingerprint density at radius 2 is 1.52 bits per heavy atom. The van der Waals surface area contributed by atoms with E-state index in [1.807, 2.05) is 31.2 Å². The second-order valence-electron chi connectivity index (χ2n) is 6.40. The lowest BCUT2D eigenvalue weighted by molar-refractivity contribution is -0.125. The number of rotatable bonds is 1. The van der Waals surface area contributed by atoms with E-state index < -0.39 is 5.41 Å². The first-order chi connectivity index (χ1) is 11.1. The van der Waals surface area contributed by atoms with Gasteiger partial charge in [-0.3, -0.25) is 9.59 Å². The van der Waals surface area contributed by atoms with Gasteiger partial charge in [-0.1, -0.05) is 42.5 Å². The summed E-state index contributed by atoms with van der Waals surface area (Å²) < 4.78 is 0. The summed E-state index contributed by atoms with van der Waals surface area (Å²) in [4.78, 5) is 24.4. The lowest BCUT2D eigenvalue weighted by Crippen LogP contribution is -2.36. The van der Waals surface area contributed by atoms with Gasteiger partial charge in [-0.25, -0.2) is 0 Å². The van der Waals surface area contributed by atoms with E-state index in [1.165, 1.54) is 17.5 Å². The van der Waals surface area contributed by atoms with Crippen LogP contribution in [0.5, 0.6) is 0 Å². The molecule has 0 radical (unpaired) electrons. The van der Waals surface area contributed by atoms with Gasteiger partial charge in [0.15, 0.2) is 11.6 Å². The summed E-state index contributed by atoms with van der Waals surface area (Å²) in [5.74, 6) is 0.00245. The zero-order valence-electron chi connectivity index (χ0n) is 12.9. The number of hydrogen-bond acceptors (Lipinski definition) is 2. The molecule has 1 aliphatic carbocycles. The predicted molar refractivity (Wildman–Crippen MR) is 92.6 cm³/mol. The molecule has 3 aromatic rings. The largest absolute Gasteiger partial charge is 0.295 e. The summed E-state index contributed by atoms with van der Waals surface area (Å²) >= 11 is 0. The smallest absolute Gasteiger partial charge is 0.166 e. The quantitative estimate of drug-likeness (QED) is 0.626. The summed E-state index contributed by atoms with van der Waals surface area (Å²) in [6, 6.07) is 18.4. The summed E-state index contributed by atoms with van der Waals surface area (Å²) in [5, 5.41) is 4.46. The number of hydrogen-bond donors (Lipinski definition) is 0. The minimum Gasteiger partial charge on any atom is -0.295 e. The third-order valence-electron chi connectivity index (χ3n) is 4.83. The third-order valence-corrected chi connectivity index (χ3v) is 4.83. The van der Waals surface area contributed by atoms with Crippen LogP contribution in [0.15, 0.2) is 66.7 Å². The van der Waals surface area contributed by atoms with Crippen molar-refractivity contribution < 1.29 is 9.59 Å². The Kier molecular flexibility index (Phi) is 2.95. The molecular formula is C21H16O2. The second kappa shape index (κ2) is 4.88. The van der Waals surface area contributed by atoms with Crippen molar-refractivity contribution >= 4 is 33.1 Å². The average Bonchev–Trinajstić information content (AvgIpc) is 2.56. The topological polar surface area (TPSA) is 34.1 Å². The molecule has 0 spiro atoms. The van der Waals surface area contributed by atoms with Crippen LogP contribution in [-0.4, -0.2) is 11.6 Å². The maximum atomic E-state index is 12.5. The zero-order valence-corrected chi connectivity index (χ0v) is 12.9. The normalized spacial score (nSPS) is 21.3. The summed E-state index contributed by atoms with van der Waals surface area (Å²) in [5.41, 5.74) is 0.150. The molecule has 0 amide bonds. The highest BCUT2D eigenvalue weighted by atomic mass is 16.1. The van der Waals surface area contributed by atoms with Crippen molar-refractivity contribution in [2.75, 3.05) is 0 Å². The number of benzene rings is 3. The van der Waals surface area contributed by atoms with E-state index in [0.717, 1.165) is 21.7 Å². The fourth-order valence-corrected chi connectivity index (χ4v) is 3.52. The Balaban J connectivity index is 2.03. The van der Waals surface area contributed by atoms with Gasteiger partial charge in [0.05, 0.1) is 5.41 Å². The molecule has 0 aromatic heterocycles. The number of fused-ring (bicyclic) bond motifs is 2. The first-order valence-electron chi connectivity index (χ1n) is 7.75. The van der Waals surface area contributed by atoms with Gasteiger partial charge in [0.1, 0.15) is 0 Å². The third kappa shape index (κ3) is 2.10. The van der Waals surface area contributed by atoms with E-state index in [4.69, 9.17) is 0 Å². The van der Waals surface area contributed by atoms with E-state index >= 15 is 0 Å². The highest BCUT2D eigenvalue weighted by Crippen LogP contribution is 2.38. The molecule has 2 heteroatoms. The SMILES string of the molecule is CC1(c2cccc3cc4ccccc4cc23)CC(=O)C=CC1=O.